The number of benzene rings is 1. The zero-order valence-electron chi connectivity index (χ0n) is 10.8. The predicted molar refractivity (Wildman–Crippen MR) is 71.6 cm³/mol. The van der Waals surface area contributed by atoms with E-state index in [4.69, 9.17) is 11.6 Å². The molecule has 0 aliphatic carbocycles. The van der Waals surface area contributed by atoms with Gasteiger partial charge < -0.3 is 9.30 Å². The summed E-state index contributed by atoms with van der Waals surface area (Å²) >= 11 is 6.16. The topological polar surface area (TPSA) is 31.2 Å². The number of nitrogens with zero attached hydrogens (tertiary/aromatic N) is 1. The Balaban J connectivity index is 2.71. The van der Waals surface area contributed by atoms with Crippen molar-refractivity contribution in [1.82, 2.24) is 4.57 Å². The van der Waals surface area contributed by atoms with E-state index in [2.05, 4.69) is 4.74 Å². The summed E-state index contributed by atoms with van der Waals surface area (Å²) in [4.78, 5) is 11.6. The second-order valence-electron chi connectivity index (χ2n) is 4.20. The number of carbonyl (C=O) groups excluding carboxylic acids is 1. The molecule has 0 unspecified atom stereocenters. The van der Waals surface area contributed by atoms with Crippen LogP contribution in [0, 0.1) is 19.7 Å². The summed E-state index contributed by atoms with van der Waals surface area (Å²) in [6, 6.07) is 6.61. The van der Waals surface area contributed by atoms with Gasteiger partial charge in [-0.25, -0.2) is 9.18 Å². The Morgan fingerprint density at radius 1 is 1.21 bits per heavy atom. The molecule has 19 heavy (non-hydrogen) atoms. The third kappa shape index (κ3) is 2.24. The molecule has 1 heterocycles. The van der Waals surface area contributed by atoms with Crippen molar-refractivity contribution in [1.29, 1.82) is 0 Å². The molecule has 2 rings (SSSR count). The number of hydrogen-bond acceptors (Lipinski definition) is 2. The van der Waals surface area contributed by atoms with Gasteiger partial charge in [-0.1, -0.05) is 11.6 Å². The summed E-state index contributed by atoms with van der Waals surface area (Å²) in [6.45, 7) is 3.81. The Hall–Kier alpha value is -1.81. The first-order valence-electron chi connectivity index (χ1n) is 5.69. The van der Waals surface area contributed by atoms with Gasteiger partial charge in [0.1, 0.15) is 11.4 Å². The third-order valence-corrected chi connectivity index (χ3v) is 3.35. The highest BCUT2D eigenvalue weighted by atomic mass is 35.5. The molecular weight excluding hydrogens is 269 g/mol. The highest BCUT2D eigenvalue weighted by Gasteiger charge is 2.21. The van der Waals surface area contributed by atoms with Gasteiger partial charge in [0.15, 0.2) is 0 Å². The maximum Gasteiger partial charge on any atom is 0.342 e. The summed E-state index contributed by atoms with van der Waals surface area (Å²) in [5.41, 5.74) is 2.21. The van der Waals surface area contributed by atoms with Crippen LogP contribution in [0.5, 0.6) is 0 Å². The van der Waals surface area contributed by atoms with Crippen LogP contribution in [0.25, 0.3) is 5.69 Å². The molecule has 0 saturated heterocycles. The fraction of sp³-hybridized carbons (Fsp3) is 0.214. The van der Waals surface area contributed by atoms with Crippen LogP contribution in [0.1, 0.15) is 21.7 Å². The number of rotatable bonds is 2. The lowest BCUT2D eigenvalue weighted by Gasteiger charge is -2.14. The number of esters is 1. The average molecular weight is 282 g/mol. The average Bonchev–Trinajstić information content (AvgIpc) is 2.70. The number of ether oxygens (including phenoxy) is 1. The Morgan fingerprint density at radius 3 is 2.32 bits per heavy atom. The number of aromatic nitrogens is 1. The smallest absolute Gasteiger partial charge is 0.342 e. The van der Waals surface area contributed by atoms with Crippen molar-refractivity contribution in [2.24, 2.45) is 0 Å². The molecule has 100 valence electrons. The van der Waals surface area contributed by atoms with E-state index in [9.17, 15) is 9.18 Å². The third-order valence-electron chi connectivity index (χ3n) is 2.97. The van der Waals surface area contributed by atoms with Crippen LogP contribution in [0.4, 0.5) is 4.39 Å². The summed E-state index contributed by atoms with van der Waals surface area (Å²) < 4.78 is 20.1. The summed E-state index contributed by atoms with van der Waals surface area (Å²) in [7, 11) is 1.19. The van der Waals surface area contributed by atoms with E-state index in [1.807, 2.05) is 30.5 Å². The molecule has 0 N–H and O–H groups in total. The first kappa shape index (κ1) is 13.6. The summed E-state index contributed by atoms with van der Waals surface area (Å²) in [5.74, 6) is -1.48. The molecule has 0 aliphatic heterocycles. The van der Waals surface area contributed by atoms with Crippen LogP contribution in [0.15, 0.2) is 24.3 Å². The van der Waals surface area contributed by atoms with Crippen LogP contribution < -0.4 is 0 Å². The molecule has 0 spiro atoms. The number of halogens is 2. The van der Waals surface area contributed by atoms with E-state index in [-0.39, 0.29) is 10.6 Å². The van der Waals surface area contributed by atoms with Crippen molar-refractivity contribution in [2.75, 3.05) is 7.11 Å². The zero-order valence-corrected chi connectivity index (χ0v) is 11.6. The maximum absolute atomic E-state index is 13.7. The summed E-state index contributed by atoms with van der Waals surface area (Å²) in [5, 5.41) is 0.0502. The number of methoxy groups -OCH3 is 1. The highest BCUT2D eigenvalue weighted by molar-refractivity contribution is 6.35. The molecule has 1 aromatic carbocycles. The molecule has 0 radical (unpaired) electrons. The minimum atomic E-state index is -0.785. The molecule has 2 aromatic rings. The lowest BCUT2D eigenvalue weighted by molar-refractivity contribution is 0.0595. The minimum Gasteiger partial charge on any atom is -0.465 e. The van der Waals surface area contributed by atoms with Gasteiger partial charge in [-0.3, -0.25) is 0 Å². The van der Waals surface area contributed by atoms with Gasteiger partial charge >= 0.3 is 5.97 Å². The number of carbonyl (C=O) groups is 1. The van der Waals surface area contributed by atoms with Crippen LogP contribution >= 0.6 is 11.6 Å². The first-order valence-corrected chi connectivity index (χ1v) is 6.06. The van der Waals surface area contributed by atoms with Gasteiger partial charge in [0.25, 0.3) is 0 Å². The van der Waals surface area contributed by atoms with Crippen LogP contribution in [0.3, 0.4) is 0 Å². The standard InChI is InChI=1S/C14H13ClFNO2/c1-8-4-5-9(2)17(8)11-7-6-10(16)12(13(11)15)14(18)19-3/h4-7H,1-3H3. The van der Waals surface area contributed by atoms with Crippen molar-refractivity contribution < 1.29 is 13.9 Å². The lowest BCUT2D eigenvalue weighted by Crippen LogP contribution is -2.09. The van der Waals surface area contributed by atoms with E-state index in [1.54, 1.807) is 6.07 Å². The van der Waals surface area contributed by atoms with E-state index >= 15 is 0 Å². The number of hydrogen-bond donors (Lipinski definition) is 0. The predicted octanol–water partition coefficient (Wildman–Crippen LogP) is 3.67. The molecule has 5 heteroatoms. The molecule has 1 aromatic heterocycles. The van der Waals surface area contributed by atoms with Crippen molar-refractivity contribution in [2.45, 2.75) is 13.8 Å². The second kappa shape index (κ2) is 5.05. The van der Waals surface area contributed by atoms with Gasteiger partial charge in [-0.2, -0.15) is 0 Å². The Kier molecular flexibility index (Phi) is 3.62. The minimum absolute atomic E-state index is 0.0502. The van der Waals surface area contributed by atoms with Crippen LogP contribution in [0.2, 0.25) is 5.02 Å². The fourth-order valence-electron chi connectivity index (χ4n) is 2.05. The quantitative estimate of drug-likeness (QED) is 0.787. The molecule has 0 aliphatic rings. The van der Waals surface area contributed by atoms with Gasteiger partial charge in [-0.05, 0) is 38.1 Å². The normalized spacial score (nSPS) is 10.6. The van der Waals surface area contributed by atoms with E-state index in [1.165, 1.54) is 13.2 Å². The Morgan fingerprint density at radius 2 is 1.79 bits per heavy atom. The van der Waals surface area contributed by atoms with Crippen molar-refractivity contribution in [3.63, 3.8) is 0 Å². The first-order chi connectivity index (χ1) is 8.97. The van der Waals surface area contributed by atoms with E-state index in [0.717, 1.165) is 11.4 Å². The van der Waals surface area contributed by atoms with Gasteiger partial charge in [0, 0.05) is 11.4 Å². The molecule has 0 atom stereocenters. The fourth-order valence-corrected chi connectivity index (χ4v) is 2.37. The zero-order chi connectivity index (χ0) is 14.2. The molecule has 0 saturated carbocycles. The monoisotopic (exact) mass is 281 g/mol. The molecule has 0 fully saturated rings. The van der Waals surface area contributed by atoms with Gasteiger partial charge in [-0.15, -0.1) is 0 Å². The summed E-state index contributed by atoms with van der Waals surface area (Å²) in [6.07, 6.45) is 0. The molecule has 0 amide bonds. The maximum atomic E-state index is 13.7. The highest BCUT2D eigenvalue weighted by Crippen LogP contribution is 2.29. The Bertz CT molecular complexity index is 630. The lowest BCUT2D eigenvalue weighted by atomic mass is 10.1. The largest absolute Gasteiger partial charge is 0.465 e. The molecular formula is C14H13ClFNO2. The van der Waals surface area contributed by atoms with Crippen molar-refractivity contribution >= 4 is 17.6 Å². The van der Waals surface area contributed by atoms with Crippen LogP contribution in [-0.4, -0.2) is 17.6 Å². The SMILES string of the molecule is COC(=O)c1c(F)ccc(-n2c(C)ccc2C)c1Cl. The van der Waals surface area contributed by atoms with Gasteiger partial charge in [0.05, 0.1) is 17.8 Å². The second-order valence-corrected chi connectivity index (χ2v) is 4.58. The van der Waals surface area contributed by atoms with E-state index in [0.29, 0.717) is 5.69 Å². The van der Waals surface area contributed by atoms with Gasteiger partial charge in [0.2, 0.25) is 0 Å². The number of aryl methyl sites for hydroxylation is 2. The van der Waals surface area contributed by atoms with Crippen molar-refractivity contribution in [3.05, 3.63) is 52.1 Å². The van der Waals surface area contributed by atoms with Crippen molar-refractivity contribution in [3.8, 4) is 5.69 Å². The Labute approximate surface area is 115 Å². The molecule has 0 bridgehead atoms. The van der Waals surface area contributed by atoms with E-state index < -0.39 is 11.8 Å². The molecule has 3 nitrogen and oxygen atoms in total. The van der Waals surface area contributed by atoms with Crippen LogP contribution in [-0.2, 0) is 4.74 Å².